The standard InChI is InChI=1S/C34H43N7O4.ClH/c1-40(2)15-4-16-45-31-14-11-26(21-37-31)25-6-3-5-23(17-25)18-30(32(36)42)41(33(43)24-9-7-22(20-35)8-10-24)27-12-13-28-29(19-27)39-34(44)38-28;/h3,5-6,11-14,17,19,21-22,24,30H,4,7-10,15-16,18,20,35H2,1-2H3,(H2,36,42)(H2,38,39,44);1H/t22-,24-,30-;/m0./s1. The third-order valence-corrected chi connectivity index (χ3v) is 8.61. The third kappa shape index (κ3) is 8.54. The molecule has 0 saturated heterocycles. The van der Waals surface area contributed by atoms with E-state index in [1.165, 1.54) is 4.90 Å². The van der Waals surface area contributed by atoms with Gasteiger partial charge in [-0.25, -0.2) is 9.78 Å². The molecule has 6 N–H and O–H groups in total. The van der Waals surface area contributed by atoms with Crippen LogP contribution in [0.25, 0.3) is 22.2 Å². The highest BCUT2D eigenvalue weighted by Crippen LogP contribution is 2.33. The van der Waals surface area contributed by atoms with E-state index in [1.807, 2.05) is 50.5 Å². The summed E-state index contributed by atoms with van der Waals surface area (Å²) in [6.07, 6.45) is 6.02. The molecular formula is C34H44ClN7O4. The summed E-state index contributed by atoms with van der Waals surface area (Å²) in [5.74, 6) is -0.0383. The monoisotopic (exact) mass is 649 g/mol. The molecule has 46 heavy (non-hydrogen) atoms. The normalized spacial score (nSPS) is 17.0. The van der Waals surface area contributed by atoms with Gasteiger partial charge in [0, 0.05) is 42.4 Å². The van der Waals surface area contributed by atoms with Crippen LogP contribution < -0.4 is 26.8 Å². The van der Waals surface area contributed by atoms with Crippen LogP contribution in [0, 0.1) is 11.8 Å². The zero-order valence-electron chi connectivity index (χ0n) is 26.4. The number of aromatic nitrogens is 3. The summed E-state index contributed by atoms with van der Waals surface area (Å²) >= 11 is 0. The lowest BCUT2D eigenvalue weighted by Crippen LogP contribution is -2.52. The maximum atomic E-state index is 14.2. The van der Waals surface area contributed by atoms with Gasteiger partial charge in [0.05, 0.1) is 17.6 Å². The molecule has 1 aliphatic carbocycles. The van der Waals surface area contributed by atoms with E-state index >= 15 is 0 Å². The van der Waals surface area contributed by atoms with Crippen LogP contribution >= 0.6 is 12.4 Å². The molecular weight excluding hydrogens is 606 g/mol. The van der Waals surface area contributed by atoms with Crippen molar-refractivity contribution in [3.8, 4) is 17.0 Å². The first-order valence-electron chi connectivity index (χ1n) is 15.6. The van der Waals surface area contributed by atoms with E-state index in [0.717, 1.165) is 42.5 Å². The minimum atomic E-state index is -0.945. The molecule has 246 valence electrons. The number of nitrogens with one attached hydrogen (secondary N) is 2. The molecule has 5 rings (SSSR count). The molecule has 4 aromatic rings. The van der Waals surface area contributed by atoms with Crippen molar-refractivity contribution in [1.82, 2.24) is 19.9 Å². The van der Waals surface area contributed by atoms with Crippen molar-refractivity contribution >= 4 is 40.9 Å². The fraction of sp³-hybridized carbons (Fsp3) is 0.412. The summed E-state index contributed by atoms with van der Waals surface area (Å²) in [4.78, 5) is 52.9. The number of imidazole rings is 1. The first-order chi connectivity index (χ1) is 21.7. The number of H-pyrrole nitrogens is 2. The van der Waals surface area contributed by atoms with Gasteiger partial charge in [0.25, 0.3) is 0 Å². The van der Waals surface area contributed by atoms with Crippen molar-refractivity contribution in [3.63, 3.8) is 0 Å². The SMILES string of the molecule is CN(C)CCCOc1ccc(-c2cccc(C[C@@H](C(N)=O)N(c3ccc4[nH]c(=O)[nH]c4c3)C(=O)[C@H]3CC[C@H](CN)CC3)c2)cn1.Cl. The summed E-state index contributed by atoms with van der Waals surface area (Å²) in [5.41, 5.74) is 15.9. The molecule has 0 unspecified atom stereocenters. The maximum Gasteiger partial charge on any atom is 0.323 e. The molecule has 1 atom stereocenters. The van der Waals surface area contributed by atoms with Crippen LogP contribution in [0.4, 0.5) is 5.69 Å². The predicted molar refractivity (Wildman–Crippen MR) is 183 cm³/mol. The number of amides is 2. The van der Waals surface area contributed by atoms with Crippen molar-refractivity contribution in [2.75, 3.05) is 38.7 Å². The number of fused-ring (bicyclic) bond motifs is 1. The van der Waals surface area contributed by atoms with E-state index in [9.17, 15) is 14.4 Å². The summed E-state index contributed by atoms with van der Waals surface area (Å²) < 4.78 is 5.78. The molecule has 1 saturated carbocycles. The van der Waals surface area contributed by atoms with Crippen LogP contribution in [0.3, 0.4) is 0 Å². The Balaban J connectivity index is 0.00000480. The molecule has 0 aliphatic heterocycles. The number of nitrogens with zero attached hydrogens (tertiary/aromatic N) is 3. The first kappa shape index (κ1) is 34.7. The second-order valence-corrected chi connectivity index (χ2v) is 12.2. The minimum absolute atomic E-state index is 0. The van der Waals surface area contributed by atoms with Crippen molar-refractivity contribution in [3.05, 3.63) is 76.8 Å². The predicted octanol–water partition coefficient (Wildman–Crippen LogP) is 3.87. The Kier molecular flexibility index (Phi) is 12.0. The zero-order valence-corrected chi connectivity index (χ0v) is 27.2. The number of carbonyl (C=O) groups is 2. The molecule has 0 radical (unpaired) electrons. The number of hydrogen-bond acceptors (Lipinski definition) is 7. The molecule has 2 amide bonds. The molecule has 2 aromatic heterocycles. The van der Waals surface area contributed by atoms with E-state index in [-0.39, 0.29) is 36.3 Å². The molecule has 11 nitrogen and oxygen atoms in total. The lowest BCUT2D eigenvalue weighted by molar-refractivity contribution is -0.127. The number of nitrogens with two attached hydrogens (primary N) is 2. The Morgan fingerprint density at radius 3 is 2.43 bits per heavy atom. The zero-order chi connectivity index (χ0) is 31.9. The molecule has 2 aromatic carbocycles. The van der Waals surface area contributed by atoms with E-state index in [2.05, 4.69) is 19.9 Å². The van der Waals surface area contributed by atoms with Crippen LogP contribution in [0.1, 0.15) is 37.7 Å². The topological polar surface area (TPSA) is 163 Å². The van der Waals surface area contributed by atoms with Gasteiger partial charge < -0.3 is 31.1 Å². The Morgan fingerprint density at radius 2 is 1.76 bits per heavy atom. The van der Waals surface area contributed by atoms with E-state index in [1.54, 1.807) is 24.4 Å². The number of benzene rings is 2. The van der Waals surface area contributed by atoms with Crippen LogP contribution in [0.5, 0.6) is 5.88 Å². The number of primary amides is 1. The number of aromatic amines is 2. The Labute approximate surface area is 275 Å². The Hall–Kier alpha value is -4.19. The largest absolute Gasteiger partial charge is 0.478 e. The van der Waals surface area contributed by atoms with Crippen LogP contribution in [0.2, 0.25) is 0 Å². The summed E-state index contributed by atoms with van der Waals surface area (Å²) in [6, 6.07) is 15.9. The van der Waals surface area contributed by atoms with Gasteiger partial charge in [-0.05, 0) is 94.1 Å². The maximum absolute atomic E-state index is 14.2. The number of pyridine rings is 1. The molecule has 1 fully saturated rings. The van der Waals surface area contributed by atoms with Gasteiger partial charge in [-0.2, -0.15) is 0 Å². The van der Waals surface area contributed by atoms with Crippen molar-refractivity contribution in [2.24, 2.45) is 23.3 Å². The smallest absolute Gasteiger partial charge is 0.323 e. The summed E-state index contributed by atoms with van der Waals surface area (Å²) in [5, 5.41) is 0. The Bertz CT molecular complexity index is 1660. The van der Waals surface area contributed by atoms with E-state index < -0.39 is 11.9 Å². The third-order valence-electron chi connectivity index (χ3n) is 8.61. The highest BCUT2D eigenvalue weighted by molar-refractivity contribution is 6.02. The van der Waals surface area contributed by atoms with Gasteiger partial charge in [-0.3, -0.25) is 14.5 Å². The molecule has 0 bridgehead atoms. The van der Waals surface area contributed by atoms with Crippen molar-refractivity contribution < 1.29 is 14.3 Å². The molecule has 2 heterocycles. The van der Waals surface area contributed by atoms with Crippen molar-refractivity contribution in [2.45, 2.75) is 44.6 Å². The second kappa shape index (κ2) is 15.9. The van der Waals surface area contributed by atoms with E-state index in [4.69, 9.17) is 16.2 Å². The number of anilines is 1. The fourth-order valence-electron chi connectivity index (χ4n) is 6.09. The lowest BCUT2D eigenvalue weighted by Gasteiger charge is -2.35. The summed E-state index contributed by atoms with van der Waals surface area (Å²) in [7, 11) is 4.06. The van der Waals surface area contributed by atoms with Crippen LogP contribution in [-0.4, -0.2) is 71.5 Å². The number of hydrogen-bond donors (Lipinski definition) is 4. The number of carbonyl (C=O) groups excluding carboxylic acids is 2. The first-order valence-corrected chi connectivity index (χ1v) is 15.6. The van der Waals surface area contributed by atoms with Crippen molar-refractivity contribution in [1.29, 1.82) is 0 Å². The van der Waals surface area contributed by atoms with E-state index in [0.29, 0.717) is 54.5 Å². The fourth-order valence-corrected chi connectivity index (χ4v) is 6.09. The van der Waals surface area contributed by atoms with Gasteiger partial charge in [0.2, 0.25) is 17.7 Å². The van der Waals surface area contributed by atoms with Gasteiger partial charge >= 0.3 is 5.69 Å². The van der Waals surface area contributed by atoms with Crippen LogP contribution in [-0.2, 0) is 16.0 Å². The van der Waals surface area contributed by atoms with Gasteiger partial charge in [-0.15, -0.1) is 12.4 Å². The minimum Gasteiger partial charge on any atom is -0.478 e. The average Bonchev–Trinajstić information content (AvgIpc) is 3.42. The Morgan fingerprint density at radius 1 is 1.00 bits per heavy atom. The number of rotatable bonds is 13. The number of ether oxygens (including phenoxy) is 1. The number of halogens is 1. The van der Waals surface area contributed by atoms with Crippen LogP contribution in [0.15, 0.2) is 65.6 Å². The average molecular weight is 650 g/mol. The second-order valence-electron chi connectivity index (χ2n) is 12.2. The van der Waals surface area contributed by atoms with Gasteiger partial charge in [0.15, 0.2) is 0 Å². The van der Waals surface area contributed by atoms with Gasteiger partial charge in [0.1, 0.15) is 6.04 Å². The molecule has 0 spiro atoms. The lowest BCUT2D eigenvalue weighted by atomic mass is 9.81. The highest BCUT2D eigenvalue weighted by Gasteiger charge is 2.36. The molecule has 12 heteroatoms. The molecule has 1 aliphatic rings. The van der Waals surface area contributed by atoms with Gasteiger partial charge in [-0.1, -0.05) is 24.3 Å². The summed E-state index contributed by atoms with van der Waals surface area (Å²) in [6.45, 7) is 2.13. The highest BCUT2D eigenvalue weighted by atomic mass is 35.5. The quantitative estimate of drug-likeness (QED) is 0.160.